The fraction of sp³-hybridized carbons (Fsp3) is 0.429. The average Bonchev–Trinajstić information content (AvgIpc) is 2.35. The van der Waals surface area contributed by atoms with Crippen molar-refractivity contribution in [1.82, 2.24) is 9.78 Å². The number of thioether (sulfide) groups is 1. The molecular weight excluding hydrogens is 172 g/mol. The molecule has 0 aliphatic rings. The first kappa shape index (κ1) is 9.12. The minimum Gasteiger partial charge on any atom is -0.379 e. The Morgan fingerprint density at radius 2 is 2.58 bits per heavy atom. The molecule has 0 saturated carbocycles. The summed E-state index contributed by atoms with van der Waals surface area (Å²) in [7, 11) is 1.89. The molecule has 0 spiro atoms. The first-order valence-electron chi connectivity index (χ1n) is 3.63. The molecule has 0 radical (unpaired) electrons. The standard InChI is InChI=1S/C7H12N4S/c1-11-5-6(4-10-11)2-3-12-7(8)9/h4-5H,2-3H2,1H3,(H3,8,9). The van der Waals surface area contributed by atoms with Crippen LogP contribution in [-0.4, -0.2) is 20.7 Å². The lowest BCUT2D eigenvalue weighted by Gasteiger charge is -1.95. The topological polar surface area (TPSA) is 67.7 Å². The number of nitrogens with zero attached hydrogens (tertiary/aromatic N) is 2. The number of hydrogen-bond acceptors (Lipinski definition) is 3. The van der Waals surface area contributed by atoms with Gasteiger partial charge in [0, 0.05) is 19.0 Å². The van der Waals surface area contributed by atoms with E-state index in [1.54, 1.807) is 4.68 Å². The van der Waals surface area contributed by atoms with Crippen LogP contribution >= 0.6 is 11.8 Å². The third-order valence-electron chi connectivity index (χ3n) is 1.41. The average molecular weight is 184 g/mol. The molecule has 0 atom stereocenters. The van der Waals surface area contributed by atoms with E-state index in [2.05, 4.69) is 5.10 Å². The zero-order valence-electron chi connectivity index (χ0n) is 6.95. The smallest absolute Gasteiger partial charge is 0.151 e. The predicted molar refractivity (Wildman–Crippen MR) is 51.3 cm³/mol. The van der Waals surface area contributed by atoms with E-state index in [0.717, 1.165) is 12.2 Å². The lowest BCUT2D eigenvalue weighted by Crippen LogP contribution is -2.05. The van der Waals surface area contributed by atoms with E-state index in [1.165, 1.54) is 17.3 Å². The second-order valence-electron chi connectivity index (χ2n) is 2.48. The van der Waals surface area contributed by atoms with Crippen LogP contribution in [0.4, 0.5) is 0 Å². The highest BCUT2D eigenvalue weighted by molar-refractivity contribution is 8.13. The molecule has 1 rings (SSSR count). The molecule has 0 aromatic carbocycles. The Balaban J connectivity index is 2.29. The van der Waals surface area contributed by atoms with Crippen LogP contribution in [0, 0.1) is 5.41 Å². The van der Waals surface area contributed by atoms with Crippen molar-refractivity contribution >= 4 is 16.9 Å². The van der Waals surface area contributed by atoms with E-state index in [-0.39, 0.29) is 5.17 Å². The molecule has 0 saturated heterocycles. The molecule has 0 aliphatic heterocycles. The van der Waals surface area contributed by atoms with Crippen molar-refractivity contribution in [2.24, 2.45) is 12.8 Å². The highest BCUT2D eigenvalue weighted by atomic mass is 32.2. The van der Waals surface area contributed by atoms with Gasteiger partial charge in [0.2, 0.25) is 0 Å². The third kappa shape index (κ3) is 2.96. The molecule has 0 unspecified atom stereocenters. The zero-order chi connectivity index (χ0) is 8.97. The molecule has 1 heterocycles. The molecule has 0 fully saturated rings. The van der Waals surface area contributed by atoms with Crippen LogP contribution in [-0.2, 0) is 13.5 Å². The van der Waals surface area contributed by atoms with Crippen molar-refractivity contribution in [1.29, 1.82) is 5.41 Å². The number of aromatic nitrogens is 2. The van der Waals surface area contributed by atoms with Gasteiger partial charge >= 0.3 is 0 Å². The first-order valence-corrected chi connectivity index (χ1v) is 4.61. The van der Waals surface area contributed by atoms with Gasteiger partial charge in [0.05, 0.1) is 6.20 Å². The molecule has 4 nitrogen and oxygen atoms in total. The highest BCUT2D eigenvalue weighted by Crippen LogP contribution is 2.04. The number of nitrogens with two attached hydrogens (primary N) is 1. The van der Waals surface area contributed by atoms with Gasteiger partial charge in [0.25, 0.3) is 0 Å². The maximum atomic E-state index is 6.99. The van der Waals surface area contributed by atoms with Gasteiger partial charge in [-0.25, -0.2) is 0 Å². The lowest BCUT2D eigenvalue weighted by molar-refractivity contribution is 0.767. The van der Waals surface area contributed by atoms with Crippen molar-refractivity contribution in [3.63, 3.8) is 0 Å². The summed E-state index contributed by atoms with van der Waals surface area (Å²) < 4.78 is 1.77. The Hall–Kier alpha value is -0.970. The maximum absolute atomic E-state index is 6.99. The molecule has 1 aromatic rings. The Morgan fingerprint density at radius 3 is 3.08 bits per heavy atom. The largest absolute Gasteiger partial charge is 0.379 e. The van der Waals surface area contributed by atoms with E-state index in [1.807, 2.05) is 19.4 Å². The summed E-state index contributed by atoms with van der Waals surface area (Å²) in [5, 5.41) is 11.2. The number of aryl methyl sites for hydroxylation is 2. The number of rotatable bonds is 3. The predicted octanol–water partition coefficient (Wildman–Crippen LogP) is 0.589. The van der Waals surface area contributed by atoms with Crippen LogP contribution in [0.2, 0.25) is 0 Å². The summed E-state index contributed by atoms with van der Waals surface area (Å²) in [4.78, 5) is 0. The first-order chi connectivity index (χ1) is 5.68. The lowest BCUT2D eigenvalue weighted by atomic mass is 10.3. The Morgan fingerprint density at radius 1 is 1.83 bits per heavy atom. The van der Waals surface area contributed by atoms with Crippen LogP contribution in [0.3, 0.4) is 0 Å². The van der Waals surface area contributed by atoms with Gasteiger partial charge in [-0.05, 0) is 12.0 Å². The van der Waals surface area contributed by atoms with Crippen molar-refractivity contribution in [3.8, 4) is 0 Å². The van der Waals surface area contributed by atoms with Crippen molar-refractivity contribution in [3.05, 3.63) is 18.0 Å². The van der Waals surface area contributed by atoms with Crippen LogP contribution in [0.15, 0.2) is 12.4 Å². The minimum atomic E-state index is 0.180. The van der Waals surface area contributed by atoms with Crippen molar-refractivity contribution < 1.29 is 0 Å². The quantitative estimate of drug-likeness (QED) is 0.533. The summed E-state index contributed by atoms with van der Waals surface area (Å²) in [5.74, 6) is 0.848. The second kappa shape index (κ2) is 4.15. The summed E-state index contributed by atoms with van der Waals surface area (Å²) in [6.07, 6.45) is 4.72. The summed E-state index contributed by atoms with van der Waals surface area (Å²) in [5.41, 5.74) is 6.37. The van der Waals surface area contributed by atoms with Gasteiger partial charge in [-0.1, -0.05) is 11.8 Å². The molecular formula is C7H12N4S. The highest BCUT2D eigenvalue weighted by Gasteiger charge is 1.96. The number of amidine groups is 1. The van der Waals surface area contributed by atoms with Gasteiger partial charge < -0.3 is 5.73 Å². The maximum Gasteiger partial charge on any atom is 0.151 e. The van der Waals surface area contributed by atoms with E-state index < -0.39 is 0 Å². The fourth-order valence-corrected chi connectivity index (χ4v) is 1.44. The molecule has 66 valence electrons. The molecule has 0 aliphatic carbocycles. The molecule has 1 aromatic heterocycles. The molecule has 0 bridgehead atoms. The SMILES string of the molecule is Cn1cc(CCSC(=N)N)cn1. The van der Waals surface area contributed by atoms with Gasteiger partial charge in [0.1, 0.15) is 0 Å². The van der Waals surface area contributed by atoms with Gasteiger partial charge in [-0.15, -0.1) is 0 Å². The summed E-state index contributed by atoms with van der Waals surface area (Å²) in [6, 6.07) is 0. The van der Waals surface area contributed by atoms with E-state index >= 15 is 0 Å². The monoisotopic (exact) mass is 184 g/mol. The van der Waals surface area contributed by atoms with Gasteiger partial charge in [-0.3, -0.25) is 10.1 Å². The fourth-order valence-electron chi connectivity index (χ4n) is 0.880. The van der Waals surface area contributed by atoms with E-state index in [4.69, 9.17) is 11.1 Å². The second-order valence-corrected chi connectivity index (χ2v) is 3.62. The molecule has 5 heteroatoms. The Bertz CT molecular complexity index is 268. The third-order valence-corrected chi connectivity index (χ3v) is 2.13. The summed E-state index contributed by atoms with van der Waals surface area (Å²) >= 11 is 1.36. The summed E-state index contributed by atoms with van der Waals surface area (Å²) in [6.45, 7) is 0. The van der Waals surface area contributed by atoms with Crippen molar-refractivity contribution in [2.75, 3.05) is 5.75 Å². The van der Waals surface area contributed by atoms with Crippen LogP contribution in [0.5, 0.6) is 0 Å². The zero-order valence-corrected chi connectivity index (χ0v) is 7.77. The van der Waals surface area contributed by atoms with E-state index in [9.17, 15) is 0 Å². The number of hydrogen-bond donors (Lipinski definition) is 2. The van der Waals surface area contributed by atoms with Gasteiger partial charge in [-0.2, -0.15) is 5.10 Å². The van der Waals surface area contributed by atoms with Crippen LogP contribution in [0.25, 0.3) is 0 Å². The molecule has 3 N–H and O–H groups in total. The van der Waals surface area contributed by atoms with Crippen molar-refractivity contribution in [2.45, 2.75) is 6.42 Å². The molecule has 0 amide bonds. The van der Waals surface area contributed by atoms with Crippen LogP contribution in [0.1, 0.15) is 5.56 Å². The van der Waals surface area contributed by atoms with E-state index in [0.29, 0.717) is 0 Å². The molecule has 12 heavy (non-hydrogen) atoms. The Kier molecular flexibility index (Phi) is 3.16. The minimum absolute atomic E-state index is 0.180. The number of nitrogens with one attached hydrogen (secondary N) is 1. The van der Waals surface area contributed by atoms with Crippen LogP contribution < -0.4 is 5.73 Å². The normalized spacial score (nSPS) is 10.1. The van der Waals surface area contributed by atoms with Gasteiger partial charge in [0.15, 0.2) is 5.17 Å². The Labute approximate surface area is 75.6 Å².